The summed E-state index contributed by atoms with van der Waals surface area (Å²) in [6.07, 6.45) is 0.948. The van der Waals surface area contributed by atoms with Gasteiger partial charge in [0.2, 0.25) is 15.9 Å². The Hall–Kier alpha value is -2.65. The van der Waals surface area contributed by atoms with Crippen LogP contribution in [0.4, 0.5) is 11.4 Å². The molecule has 150 valence electrons. The SMILES string of the molecule is Cc1ccc([N+](=O)[O-])cc1N([C@H](C)C(=O)NCc1ccccc1Cl)S(C)(=O)=O. The van der Waals surface area contributed by atoms with Gasteiger partial charge in [-0.15, -0.1) is 0 Å². The van der Waals surface area contributed by atoms with Crippen molar-refractivity contribution >= 4 is 38.9 Å². The van der Waals surface area contributed by atoms with Crippen LogP contribution in [0.5, 0.6) is 0 Å². The largest absolute Gasteiger partial charge is 0.350 e. The quantitative estimate of drug-likeness (QED) is 0.541. The number of nitro groups is 1. The number of hydrogen-bond acceptors (Lipinski definition) is 5. The van der Waals surface area contributed by atoms with E-state index in [0.29, 0.717) is 16.1 Å². The normalized spacial score (nSPS) is 12.3. The lowest BCUT2D eigenvalue weighted by Gasteiger charge is -2.29. The smallest absolute Gasteiger partial charge is 0.271 e. The molecule has 0 fully saturated rings. The number of sulfonamides is 1. The zero-order chi connectivity index (χ0) is 21.1. The average Bonchev–Trinajstić information content (AvgIpc) is 2.61. The van der Waals surface area contributed by atoms with E-state index >= 15 is 0 Å². The van der Waals surface area contributed by atoms with Gasteiger partial charge in [0, 0.05) is 23.7 Å². The maximum Gasteiger partial charge on any atom is 0.271 e. The summed E-state index contributed by atoms with van der Waals surface area (Å²) in [6, 6.07) is 9.70. The van der Waals surface area contributed by atoms with Gasteiger partial charge in [0.1, 0.15) is 6.04 Å². The van der Waals surface area contributed by atoms with Crippen LogP contribution in [0.15, 0.2) is 42.5 Å². The van der Waals surface area contributed by atoms with Crippen molar-refractivity contribution in [1.29, 1.82) is 0 Å². The van der Waals surface area contributed by atoms with E-state index < -0.39 is 26.9 Å². The Morgan fingerprint density at radius 2 is 1.93 bits per heavy atom. The maximum atomic E-state index is 12.6. The summed E-state index contributed by atoms with van der Waals surface area (Å²) in [5.74, 6) is -0.559. The van der Waals surface area contributed by atoms with Gasteiger partial charge in [0.15, 0.2) is 0 Å². The van der Waals surface area contributed by atoms with Crippen LogP contribution in [-0.2, 0) is 21.4 Å². The van der Waals surface area contributed by atoms with Crippen molar-refractivity contribution in [3.05, 3.63) is 68.7 Å². The molecule has 0 aliphatic rings. The molecule has 0 saturated carbocycles. The molecule has 28 heavy (non-hydrogen) atoms. The molecule has 1 N–H and O–H groups in total. The fourth-order valence-electron chi connectivity index (χ4n) is 2.70. The standard InChI is InChI=1S/C18H20ClN3O5S/c1-12-8-9-15(22(24)25)10-17(12)21(28(3,26)27)13(2)18(23)20-11-14-6-4-5-7-16(14)19/h4-10,13H,11H2,1-3H3,(H,20,23)/t13-/m1/s1. The maximum absolute atomic E-state index is 12.6. The molecule has 2 rings (SSSR count). The third kappa shape index (κ3) is 4.99. The number of rotatable bonds is 7. The zero-order valence-electron chi connectivity index (χ0n) is 15.5. The van der Waals surface area contributed by atoms with Crippen LogP contribution >= 0.6 is 11.6 Å². The molecule has 2 aromatic carbocycles. The molecule has 0 spiro atoms. The van der Waals surface area contributed by atoms with Crippen molar-refractivity contribution < 1.29 is 18.1 Å². The number of nitro benzene ring substituents is 1. The first-order valence-corrected chi connectivity index (χ1v) is 10.5. The van der Waals surface area contributed by atoms with Crippen LogP contribution in [0.2, 0.25) is 5.02 Å². The molecule has 0 aliphatic carbocycles. The zero-order valence-corrected chi connectivity index (χ0v) is 17.1. The van der Waals surface area contributed by atoms with Crippen LogP contribution in [0.1, 0.15) is 18.1 Å². The van der Waals surface area contributed by atoms with Crippen molar-refractivity contribution in [1.82, 2.24) is 5.32 Å². The number of carbonyl (C=O) groups excluding carboxylic acids is 1. The Morgan fingerprint density at radius 3 is 2.50 bits per heavy atom. The van der Waals surface area contributed by atoms with Gasteiger partial charge in [-0.25, -0.2) is 8.42 Å². The molecular weight excluding hydrogens is 406 g/mol. The number of amides is 1. The number of anilines is 1. The molecule has 10 heteroatoms. The molecule has 8 nitrogen and oxygen atoms in total. The van der Waals surface area contributed by atoms with Gasteiger partial charge in [-0.3, -0.25) is 19.2 Å². The van der Waals surface area contributed by atoms with Gasteiger partial charge < -0.3 is 5.32 Å². The number of benzene rings is 2. The van der Waals surface area contributed by atoms with E-state index in [2.05, 4.69) is 5.32 Å². The summed E-state index contributed by atoms with van der Waals surface area (Å²) in [5, 5.41) is 14.2. The second-order valence-corrected chi connectivity index (χ2v) is 8.54. The monoisotopic (exact) mass is 425 g/mol. The van der Waals surface area contributed by atoms with Crippen LogP contribution in [-0.4, -0.2) is 31.5 Å². The highest BCUT2D eigenvalue weighted by Crippen LogP contribution is 2.29. The number of carbonyl (C=O) groups is 1. The van der Waals surface area contributed by atoms with Gasteiger partial charge in [-0.1, -0.05) is 35.9 Å². The molecule has 0 saturated heterocycles. The van der Waals surface area contributed by atoms with Crippen molar-refractivity contribution in [3.63, 3.8) is 0 Å². The fraction of sp³-hybridized carbons (Fsp3) is 0.278. The van der Waals surface area contributed by atoms with Gasteiger partial charge in [-0.05, 0) is 31.0 Å². The molecular formula is C18H20ClN3O5S. The number of halogens is 1. The fourth-order valence-corrected chi connectivity index (χ4v) is 4.13. The second kappa shape index (κ2) is 8.57. The lowest BCUT2D eigenvalue weighted by molar-refractivity contribution is -0.384. The third-order valence-corrected chi connectivity index (χ3v) is 5.74. The second-order valence-electron chi connectivity index (χ2n) is 6.27. The highest BCUT2D eigenvalue weighted by atomic mass is 35.5. The highest BCUT2D eigenvalue weighted by Gasteiger charge is 2.31. The van der Waals surface area contributed by atoms with E-state index in [0.717, 1.165) is 16.6 Å². The van der Waals surface area contributed by atoms with Crippen molar-refractivity contribution in [2.24, 2.45) is 0 Å². The lowest BCUT2D eigenvalue weighted by atomic mass is 10.1. The first kappa shape index (κ1) is 21.6. The van der Waals surface area contributed by atoms with Gasteiger partial charge in [-0.2, -0.15) is 0 Å². The van der Waals surface area contributed by atoms with Gasteiger partial charge >= 0.3 is 0 Å². The molecule has 0 radical (unpaired) electrons. The summed E-state index contributed by atoms with van der Waals surface area (Å²) in [5.41, 5.74) is 0.985. The van der Waals surface area contributed by atoms with Crippen molar-refractivity contribution in [3.8, 4) is 0 Å². The van der Waals surface area contributed by atoms with Crippen LogP contribution < -0.4 is 9.62 Å². The van der Waals surface area contributed by atoms with E-state index in [4.69, 9.17) is 11.6 Å². The first-order chi connectivity index (χ1) is 13.0. The third-order valence-electron chi connectivity index (χ3n) is 4.14. The van der Waals surface area contributed by atoms with E-state index in [9.17, 15) is 23.3 Å². The first-order valence-electron chi connectivity index (χ1n) is 8.28. The average molecular weight is 426 g/mol. The molecule has 1 atom stereocenters. The van der Waals surface area contributed by atoms with Gasteiger partial charge in [0.05, 0.1) is 16.9 Å². The lowest BCUT2D eigenvalue weighted by Crippen LogP contribution is -2.48. The minimum absolute atomic E-state index is 0.0806. The number of nitrogens with one attached hydrogen (secondary N) is 1. The number of hydrogen-bond donors (Lipinski definition) is 1. The predicted molar refractivity (Wildman–Crippen MR) is 108 cm³/mol. The summed E-state index contributed by atoms with van der Waals surface area (Å²) < 4.78 is 25.7. The van der Waals surface area contributed by atoms with E-state index in [1.807, 2.05) is 0 Å². The Kier molecular flexibility index (Phi) is 6.63. The highest BCUT2D eigenvalue weighted by molar-refractivity contribution is 7.92. The Bertz CT molecular complexity index is 1010. The number of aryl methyl sites for hydroxylation is 1. The minimum Gasteiger partial charge on any atom is -0.350 e. The van der Waals surface area contributed by atoms with Crippen LogP contribution in [0, 0.1) is 17.0 Å². The summed E-state index contributed by atoms with van der Waals surface area (Å²) in [6.45, 7) is 3.15. The molecule has 0 heterocycles. The van der Waals surface area contributed by atoms with Crippen LogP contribution in [0.3, 0.4) is 0 Å². The molecule has 1 amide bonds. The molecule has 2 aromatic rings. The number of nitrogens with zero attached hydrogens (tertiary/aromatic N) is 2. The summed E-state index contributed by atoms with van der Waals surface area (Å²) in [7, 11) is -3.89. The summed E-state index contributed by atoms with van der Waals surface area (Å²) >= 11 is 6.06. The van der Waals surface area contributed by atoms with Crippen molar-refractivity contribution in [2.45, 2.75) is 26.4 Å². The molecule has 0 unspecified atom stereocenters. The van der Waals surface area contributed by atoms with Gasteiger partial charge in [0.25, 0.3) is 5.69 Å². The van der Waals surface area contributed by atoms with E-state index in [-0.39, 0.29) is 17.9 Å². The van der Waals surface area contributed by atoms with E-state index in [1.54, 1.807) is 31.2 Å². The van der Waals surface area contributed by atoms with E-state index in [1.165, 1.54) is 19.1 Å². The van der Waals surface area contributed by atoms with Crippen molar-refractivity contribution in [2.75, 3.05) is 10.6 Å². The Morgan fingerprint density at radius 1 is 1.29 bits per heavy atom. The topological polar surface area (TPSA) is 110 Å². The number of non-ortho nitro benzene ring substituents is 1. The van der Waals surface area contributed by atoms with Crippen LogP contribution in [0.25, 0.3) is 0 Å². The molecule has 0 bridgehead atoms. The predicted octanol–water partition coefficient (Wildman–Crippen LogP) is 3.03. The molecule has 0 aromatic heterocycles. The Labute approximate surface area is 168 Å². The molecule has 0 aliphatic heterocycles. The Balaban J connectivity index is 2.33. The summed E-state index contributed by atoms with van der Waals surface area (Å²) in [4.78, 5) is 23.1. The minimum atomic E-state index is -3.89.